The molecule has 30 heavy (non-hydrogen) atoms. The summed E-state index contributed by atoms with van der Waals surface area (Å²) in [6.45, 7) is 18.2. The van der Waals surface area contributed by atoms with Gasteiger partial charge in [0.05, 0.1) is 25.4 Å². The SMILES string of the molecule is CC(C)(C)OC(=O)N1CC=C[C@@H](OCc2ccccc2)[C@@H]1CO[Si](C)(C)C(C)(C)C. The van der Waals surface area contributed by atoms with Crippen LogP contribution < -0.4 is 0 Å². The smallest absolute Gasteiger partial charge is 0.411 e. The van der Waals surface area contributed by atoms with Crippen molar-refractivity contribution in [1.29, 1.82) is 0 Å². The van der Waals surface area contributed by atoms with Crippen molar-refractivity contribution in [2.75, 3.05) is 13.2 Å². The van der Waals surface area contributed by atoms with Gasteiger partial charge in [0.1, 0.15) is 5.60 Å². The molecule has 1 aliphatic heterocycles. The largest absolute Gasteiger partial charge is 0.444 e. The number of hydrogen-bond acceptors (Lipinski definition) is 4. The summed E-state index contributed by atoms with van der Waals surface area (Å²) in [6, 6.07) is 9.84. The lowest BCUT2D eigenvalue weighted by molar-refractivity contribution is -0.0341. The Bertz CT molecular complexity index is 719. The maximum absolute atomic E-state index is 12.9. The van der Waals surface area contributed by atoms with E-state index in [1.165, 1.54) is 0 Å². The summed E-state index contributed by atoms with van der Waals surface area (Å²) in [7, 11) is -1.97. The summed E-state index contributed by atoms with van der Waals surface area (Å²) in [5.74, 6) is 0. The number of rotatable bonds is 6. The lowest BCUT2D eigenvalue weighted by Crippen LogP contribution is -2.55. The zero-order valence-electron chi connectivity index (χ0n) is 19.9. The lowest BCUT2D eigenvalue weighted by Gasteiger charge is -2.42. The number of amides is 1. The van der Waals surface area contributed by atoms with E-state index in [1.54, 1.807) is 4.90 Å². The zero-order valence-corrected chi connectivity index (χ0v) is 20.9. The fourth-order valence-corrected chi connectivity index (χ4v) is 3.93. The lowest BCUT2D eigenvalue weighted by atomic mass is 10.1. The van der Waals surface area contributed by atoms with Crippen LogP contribution in [0.25, 0.3) is 0 Å². The van der Waals surface area contributed by atoms with Crippen molar-refractivity contribution < 1.29 is 18.7 Å². The maximum atomic E-state index is 12.9. The Kier molecular flexibility index (Phi) is 7.94. The van der Waals surface area contributed by atoms with Gasteiger partial charge in [-0.25, -0.2) is 4.79 Å². The first kappa shape index (κ1) is 24.6. The third-order valence-electron chi connectivity index (χ3n) is 5.74. The van der Waals surface area contributed by atoms with Crippen LogP contribution in [0.1, 0.15) is 47.1 Å². The van der Waals surface area contributed by atoms with Gasteiger partial charge in [0.2, 0.25) is 0 Å². The Balaban J connectivity index is 2.19. The van der Waals surface area contributed by atoms with Crippen LogP contribution in [0.3, 0.4) is 0 Å². The van der Waals surface area contributed by atoms with Crippen LogP contribution in [0.4, 0.5) is 4.79 Å². The standard InChI is InChI=1S/C24H39NO4Si/c1-23(2,3)29-22(26)25-16-12-15-21(27-17-19-13-10-9-11-14-19)20(25)18-28-30(7,8)24(4,5)6/h9-15,20-21H,16-18H2,1-8H3/t20-,21+/m0/s1. The molecule has 1 amide bonds. The van der Waals surface area contributed by atoms with Gasteiger partial charge in [0.25, 0.3) is 0 Å². The molecular weight excluding hydrogens is 394 g/mol. The molecule has 0 saturated carbocycles. The molecule has 2 rings (SSSR count). The Morgan fingerprint density at radius 1 is 1.10 bits per heavy atom. The fraction of sp³-hybridized carbons (Fsp3) is 0.625. The van der Waals surface area contributed by atoms with Crippen molar-refractivity contribution in [1.82, 2.24) is 4.90 Å². The van der Waals surface area contributed by atoms with Crippen LogP contribution in [0, 0.1) is 0 Å². The molecule has 0 bridgehead atoms. The molecule has 2 atom stereocenters. The van der Waals surface area contributed by atoms with Gasteiger partial charge in [-0.1, -0.05) is 63.3 Å². The van der Waals surface area contributed by atoms with Crippen LogP contribution >= 0.6 is 0 Å². The molecule has 1 aliphatic rings. The van der Waals surface area contributed by atoms with Gasteiger partial charge < -0.3 is 13.9 Å². The summed E-state index contributed by atoms with van der Waals surface area (Å²) < 4.78 is 18.4. The molecule has 6 heteroatoms. The number of benzene rings is 1. The normalized spacial score (nSPS) is 20.3. The Morgan fingerprint density at radius 2 is 1.73 bits per heavy atom. The highest BCUT2D eigenvalue weighted by Crippen LogP contribution is 2.37. The van der Waals surface area contributed by atoms with Crippen LogP contribution in [-0.2, 0) is 20.5 Å². The van der Waals surface area contributed by atoms with Gasteiger partial charge in [-0.2, -0.15) is 0 Å². The molecule has 0 N–H and O–H groups in total. The Morgan fingerprint density at radius 3 is 2.30 bits per heavy atom. The minimum atomic E-state index is -1.97. The fourth-order valence-electron chi connectivity index (χ4n) is 2.91. The second-order valence-electron chi connectivity index (χ2n) is 10.5. The van der Waals surface area contributed by atoms with E-state index in [0.717, 1.165) is 5.56 Å². The van der Waals surface area contributed by atoms with E-state index < -0.39 is 13.9 Å². The van der Waals surface area contributed by atoms with Crippen molar-refractivity contribution >= 4 is 14.4 Å². The molecule has 0 radical (unpaired) electrons. The van der Waals surface area contributed by atoms with Gasteiger partial charge in [0.15, 0.2) is 8.32 Å². The second kappa shape index (κ2) is 9.67. The van der Waals surface area contributed by atoms with E-state index in [-0.39, 0.29) is 23.3 Å². The van der Waals surface area contributed by atoms with E-state index in [2.05, 4.69) is 33.9 Å². The third-order valence-corrected chi connectivity index (χ3v) is 10.2. The van der Waals surface area contributed by atoms with E-state index in [9.17, 15) is 4.79 Å². The third kappa shape index (κ3) is 6.96. The summed E-state index contributed by atoms with van der Waals surface area (Å²) in [5, 5.41) is 0.0919. The number of hydrogen-bond donors (Lipinski definition) is 0. The highest BCUT2D eigenvalue weighted by Gasteiger charge is 2.41. The van der Waals surface area contributed by atoms with Crippen molar-refractivity contribution in [3.05, 3.63) is 48.0 Å². The molecule has 0 aromatic heterocycles. The van der Waals surface area contributed by atoms with Crippen molar-refractivity contribution in [3.63, 3.8) is 0 Å². The predicted molar refractivity (Wildman–Crippen MR) is 124 cm³/mol. The molecule has 1 heterocycles. The van der Waals surface area contributed by atoms with Crippen LogP contribution in [-0.4, -0.2) is 50.2 Å². The van der Waals surface area contributed by atoms with Crippen molar-refractivity contribution in [3.8, 4) is 0 Å². The first-order valence-electron chi connectivity index (χ1n) is 10.8. The minimum absolute atomic E-state index is 0.0919. The molecule has 0 unspecified atom stereocenters. The summed E-state index contributed by atoms with van der Waals surface area (Å²) in [6.07, 6.45) is 3.44. The molecule has 0 fully saturated rings. The van der Waals surface area contributed by atoms with E-state index in [4.69, 9.17) is 13.9 Å². The number of carbonyl (C=O) groups is 1. The minimum Gasteiger partial charge on any atom is -0.444 e. The second-order valence-corrected chi connectivity index (χ2v) is 15.3. The van der Waals surface area contributed by atoms with Crippen LogP contribution in [0.5, 0.6) is 0 Å². The van der Waals surface area contributed by atoms with Crippen LogP contribution in [0.2, 0.25) is 18.1 Å². The van der Waals surface area contributed by atoms with E-state index in [1.807, 2.05) is 63.3 Å². The first-order valence-corrected chi connectivity index (χ1v) is 13.7. The molecular formula is C24H39NO4Si. The van der Waals surface area contributed by atoms with Gasteiger partial charge >= 0.3 is 6.09 Å². The van der Waals surface area contributed by atoms with Crippen molar-refractivity contribution in [2.24, 2.45) is 0 Å². The summed E-state index contributed by atoms with van der Waals surface area (Å²) in [4.78, 5) is 14.7. The van der Waals surface area contributed by atoms with Gasteiger partial charge in [0, 0.05) is 6.54 Å². The highest BCUT2D eigenvalue weighted by atomic mass is 28.4. The molecule has 0 aliphatic carbocycles. The zero-order chi connectivity index (χ0) is 22.6. The molecule has 168 valence electrons. The topological polar surface area (TPSA) is 48.0 Å². The summed E-state index contributed by atoms with van der Waals surface area (Å²) in [5.41, 5.74) is 0.549. The van der Waals surface area contributed by atoms with Gasteiger partial charge in [-0.05, 0) is 44.5 Å². The molecule has 5 nitrogen and oxygen atoms in total. The van der Waals surface area contributed by atoms with E-state index in [0.29, 0.717) is 19.8 Å². The molecule has 1 aromatic rings. The maximum Gasteiger partial charge on any atom is 0.411 e. The highest BCUT2D eigenvalue weighted by molar-refractivity contribution is 6.74. The quantitative estimate of drug-likeness (QED) is 0.422. The Labute approximate surface area is 183 Å². The first-order chi connectivity index (χ1) is 13.8. The van der Waals surface area contributed by atoms with E-state index >= 15 is 0 Å². The number of nitrogens with zero attached hydrogens (tertiary/aromatic N) is 1. The predicted octanol–water partition coefficient (Wildman–Crippen LogP) is 5.77. The monoisotopic (exact) mass is 433 g/mol. The summed E-state index contributed by atoms with van der Waals surface area (Å²) >= 11 is 0. The Hall–Kier alpha value is -1.63. The molecule has 1 aromatic carbocycles. The van der Waals surface area contributed by atoms with Gasteiger partial charge in [-0.3, -0.25) is 4.90 Å². The van der Waals surface area contributed by atoms with Crippen molar-refractivity contribution in [2.45, 2.75) is 84.0 Å². The number of carbonyl (C=O) groups excluding carboxylic acids is 1. The molecule has 0 spiro atoms. The van der Waals surface area contributed by atoms with Gasteiger partial charge in [-0.15, -0.1) is 0 Å². The average Bonchev–Trinajstić information content (AvgIpc) is 2.63. The average molecular weight is 434 g/mol. The molecule has 0 saturated heterocycles. The van der Waals surface area contributed by atoms with Crippen LogP contribution in [0.15, 0.2) is 42.5 Å². The number of ether oxygens (including phenoxy) is 2.